The van der Waals surface area contributed by atoms with Crippen molar-refractivity contribution in [3.63, 3.8) is 0 Å². The van der Waals surface area contributed by atoms with Crippen LogP contribution in [0.5, 0.6) is 5.75 Å². The van der Waals surface area contributed by atoms with Crippen LogP contribution in [0, 0.1) is 0 Å². The number of rotatable bonds is 6. The number of benzene rings is 1. The number of esters is 1. The lowest BCUT2D eigenvalue weighted by atomic mass is 10.2. The van der Waals surface area contributed by atoms with Crippen molar-refractivity contribution in [1.82, 2.24) is 0 Å². The molecule has 1 aromatic carbocycles. The molecule has 0 fully saturated rings. The fourth-order valence-electron chi connectivity index (χ4n) is 1.32. The number of carbonyl (C=O) groups is 1. The van der Waals surface area contributed by atoms with E-state index in [-0.39, 0.29) is 5.97 Å². The van der Waals surface area contributed by atoms with Crippen LogP contribution in [0.15, 0.2) is 52.8 Å². The molecule has 4 heteroatoms. The Morgan fingerprint density at radius 1 is 1.39 bits per heavy atom. The SMILES string of the molecule is C=CC/C(=C/Sc1ccccc1OC)C(=O)OC. The molecular formula is C14H16O3S. The van der Waals surface area contributed by atoms with E-state index in [2.05, 4.69) is 6.58 Å². The van der Waals surface area contributed by atoms with Gasteiger partial charge in [-0.25, -0.2) is 4.79 Å². The monoisotopic (exact) mass is 264 g/mol. The maximum atomic E-state index is 11.5. The van der Waals surface area contributed by atoms with Crippen molar-refractivity contribution in [1.29, 1.82) is 0 Å². The van der Waals surface area contributed by atoms with Gasteiger partial charge in [0.1, 0.15) is 5.75 Å². The molecule has 0 saturated heterocycles. The topological polar surface area (TPSA) is 35.5 Å². The van der Waals surface area contributed by atoms with Gasteiger partial charge < -0.3 is 9.47 Å². The van der Waals surface area contributed by atoms with Crippen LogP contribution >= 0.6 is 11.8 Å². The van der Waals surface area contributed by atoms with Crippen molar-refractivity contribution in [3.05, 3.63) is 47.9 Å². The summed E-state index contributed by atoms with van der Waals surface area (Å²) in [7, 11) is 2.99. The Morgan fingerprint density at radius 2 is 2.11 bits per heavy atom. The highest BCUT2D eigenvalue weighted by Crippen LogP contribution is 2.30. The van der Waals surface area contributed by atoms with Crippen molar-refractivity contribution in [3.8, 4) is 5.75 Å². The van der Waals surface area contributed by atoms with Crippen LogP contribution in [0.1, 0.15) is 6.42 Å². The lowest BCUT2D eigenvalue weighted by Gasteiger charge is -2.06. The summed E-state index contributed by atoms with van der Waals surface area (Å²) in [6.45, 7) is 3.62. The molecule has 1 aromatic rings. The average molecular weight is 264 g/mol. The first-order chi connectivity index (χ1) is 8.72. The van der Waals surface area contributed by atoms with Crippen molar-refractivity contribution < 1.29 is 14.3 Å². The highest BCUT2D eigenvalue weighted by molar-refractivity contribution is 8.02. The highest BCUT2D eigenvalue weighted by Gasteiger charge is 2.08. The third-order valence-corrected chi connectivity index (χ3v) is 3.20. The Balaban J connectivity index is 2.87. The summed E-state index contributed by atoms with van der Waals surface area (Å²) in [5.74, 6) is 0.443. The molecular weight excluding hydrogens is 248 g/mol. The minimum atomic E-state index is -0.336. The van der Waals surface area contributed by atoms with Gasteiger partial charge in [-0.3, -0.25) is 0 Å². The third-order valence-electron chi connectivity index (χ3n) is 2.21. The van der Waals surface area contributed by atoms with Crippen LogP contribution in [0.3, 0.4) is 0 Å². The van der Waals surface area contributed by atoms with Crippen LogP contribution in [-0.2, 0) is 9.53 Å². The zero-order valence-electron chi connectivity index (χ0n) is 10.5. The molecule has 0 saturated carbocycles. The van der Waals surface area contributed by atoms with E-state index >= 15 is 0 Å². The van der Waals surface area contributed by atoms with Gasteiger partial charge in [0.2, 0.25) is 0 Å². The number of methoxy groups -OCH3 is 2. The van der Waals surface area contributed by atoms with Crippen molar-refractivity contribution in [2.45, 2.75) is 11.3 Å². The Hall–Kier alpha value is -1.68. The van der Waals surface area contributed by atoms with Gasteiger partial charge in [-0.2, -0.15) is 0 Å². The molecule has 0 radical (unpaired) electrons. The standard InChI is InChI=1S/C14H16O3S/c1-4-7-11(14(15)17-3)10-18-13-9-6-5-8-12(13)16-2/h4-6,8-10H,1,7H2,2-3H3/b11-10-. The average Bonchev–Trinajstić information content (AvgIpc) is 2.42. The van der Waals surface area contributed by atoms with E-state index in [0.717, 1.165) is 10.6 Å². The first-order valence-electron chi connectivity index (χ1n) is 5.40. The van der Waals surface area contributed by atoms with Crippen molar-refractivity contribution >= 4 is 17.7 Å². The number of ether oxygens (including phenoxy) is 2. The van der Waals surface area contributed by atoms with Gasteiger partial charge in [0, 0.05) is 5.57 Å². The smallest absolute Gasteiger partial charge is 0.334 e. The van der Waals surface area contributed by atoms with Crippen LogP contribution in [0.4, 0.5) is 0 Å². The molecule has 0 N–H and O–H groups in total. The summed E-state index contributed by atoms with van der Waals surface area (Å²) in [4.78, 5) is 12.4. The van der Waals surface area contributed by atoms with Crippen LogP contribution in [0.25, 0.3) is 0 Å². The van der Waals surface area contributed by atoms with E-state index < -0.39 is 0 Å². The Bertz CT molecular complexity index is 452. The lowest BCUT2D eigenvalue weighted by Crippen LogP contribution is -2.03. The van der Waals surface area contributed by atoms with E-state index in [0.29, 0.717) is 12.0 Å². The Labute approximate surface area is 111 Å². The molecule has 0 aliphatic carbocycles. The first kappa shape index (κ1) is 14.4. The number of para-hydroxylation sites is 1. The number of allylic oxidation sites excluding steroid dienone is 1. The number of hydrogen-bond acceptors (Lipinski definition) is 4. The molecule has 0 unspecified atom stereocenters. The molecule has 0 bridgehead atoms. The zero-order valence-corrected chi connectivity index (χ0v) is 11.3. The summed E-state index contributed by atoms with van der Waals surface area (Å²) in [6, 6.07) is 7.63. The Morgan fingerprint density at radius 3 is 2.72 bits per heavy atom. The molecule has 96 valence electrons. The summed E-state index contributed by atoms with van der Waals surface area (Å²) in [5.41, 5.74) is 0.573. The normalized spacial score (nSPS) is 10.9. The Kier molecular flexibility index (Phi) is 6.08. The first-order valence-corrected chi connectivity index (χ1v) is 6.28. The van der Waals surface area contributed by atoms with Gasteiger partial charge in [0.15, 0.2) is 0 Å². The van der Waals surface area contributed by atoms with Gasteiger partial charge in [-0.05, 0) is 24.0 Å². The van der Waals surface area contributed by atoms with E-state index in [4.69, 9.17) is 9.47 Å². The molecule has 0 aliphatic rings. The molecule has 3 nitrogen and oxygen atoms in total. The van der Waals surface area contributed by atoms with E-state index in [1.165, 1.54) is 18.9 Å². The second kappa shape index (κ2) is 7.61. The van der Waals surface area contributed by atoms with Crippen LogP contribution in [-0.4, -0.2) is 20.2 Å². The van der Waals surface area contributed by atoms with Crippen molar-refractivity contribution in [2.75, 3.05) is 14.2 Å². The summed E-state index contributed by atoms with van der Waals surface area (Å²) < 4.78 is 9.95. The van der Waals surface area contributed by atoms with Gasteiger partial charge in [0.25, 0.3) is 0 Å². The molecule has 0 aliphatic heterocycles. The van der Waals surface area contributed by atoms with E-state index in [1.54, 1.807) is 18.6 Å². The zero-order chi connectivity index (χ0) is 13.4. The van der Waals surface area contributed by atoms with Crippen LogP contribution < -0.4 is 4.74 Å². The fraction of sp³-hybridized carbons (Fsp3) is 0.214. The third kappa shape index (κ3) is 3.96. The van der Waals surface area contributed by atoms with Crippen LogP contribution in [0.2, 0.25) is 0 Å². The fourth-order valence-corrected chi connectivity index (χ4v) is 2.20. The largest absolute Gasteiger partial charge is 0.496 e. The minimum Gasteiger partial charge on any atom is -0.496 e. The maximum Gasteiger partial charge on any atom is 0.334 e. The van der Waals surface area contributed by atoms with E-state index in [1.807, 2.05) is 24.3 Å². The second-order valence-corrected chi connectivity index (χ2v) is 4.31. The quantitative estimate of drug-likeness (QED) is 0.341. The van der Waals surface area contributed by atoms with Gasteiger partial charge in [-0.15, -0.1) is 6.58 Å². The van der Waals surface area contributed by atoms with Gasteiger partial charge in [-0.1, -0.05) is 30.0 Å². The van der Waals surface area contributed by atoms with E-state index in [9.17, 15) is 4.79 Å². The number of hydrogen-bond donors (Lipinski definition) is 0. The minimum absolute atomic E-state index is 0.336. The number of thioether (sulfide) groups is 1. The predicted octanol–water partition coefficient (Wildman–Crippen LogP) is 3.42. The summed E-state index contributed by atoms with van der Waals surface area (Å²) >= 11 is 1.43. The highest BCUT2D eigenvalue weighted by atomic mass is 32.2. The van der Waals surface area contributed by atoms with Crippen molar-refractivity contribution in [2.24, 2.45) is 0 Å². The molecule has 18 heavy (non-hydrogen) atoms. The molecule has 0 amide bonds. The summed E-state index contributed by atoms with van der Waals surface area (Å²) in [6.07, 6.45) is 2.15. The molecule has 0 aromatic heterocycles. The predicted molar refractivity (Wildman–Crippen MR) is 73.8 cm³/mol. The molecule has 0 heterocycles. The number of carbonyl (C=O) groups excluding carboxylic acids is 1. The van der Waals surface area contributed by atoms with Gasteiger partial charge >= 0.3 is 5.97 Å². The van der Waals surface area contributed by atoms with Gasteiger partial charge in [0.05, 0.1) is 19.1 Å². The maximum absolute atomic E-state index is 11.5. The molecule has 0 atom stereocenters. The summed E-state index contributed by atoms with van der Waals surface area (Å²) in [5, 5.41) is 1.77. The second-order valence-electron chi connectivity index (χ2n) is 3.40. The molecule has 0 spiro atoms. The molecule has 1 rings (SSSR count). The lowest BCUT2D eigenvalue weighted by molar-refractivity contribution is -0.136.